The van der Waals surface area contributed by atoms with Gasteiger partial charge in [0, 0.05) is 23.1 Å². The number of rotatable bonds is 7. The second-order valence-corrected chi connectivity index (χ2v) is 6.24. The van der Waals surface area contributed by atoms with Crippen LogP contribution in [0.3, 0.4) is 0 Å². The minimum atomic E-state index is -0.976. The predicted molar refractivity (Wildman–Crippen MR) is 102 cm³/mol. The molecule has 0 radical (unpaired) electrons. The first-order valence-electron chi connectivity index (χ1n) is 8.55. The molecule has 0 saturated carbocycles. The summed E-state index contributed by atoms with van der Waals surface area (Å²) in [7, 11) is 0. The molecule has 0 aliphatic carbocycles. The maximum atomic E-state index is 12.5. The van der Waals surface area contributed by atoms with Crippen molar-refractivity contribution in [1.29, 1.82) is 0 Å². The van der Waals surface area contributed by atoms with Crippen LogP contribution >= 0.6 is 0 Å². The molecule has 0 aliphatic rings. The summed E-state index contributed by atoms with van der Waals surface area (Å²) >= 11 is 0. The van der Waals surface area contributed by atoms with Gasteiger partial charge < -0.3 is 15.7 Å². The quantitative estimate of drug-likeness (QED) is 0.271. The number of hydrogen-bond donors (Lipinski definition) is 5. The Morgan fingerprint density at radius 1 is 1.19 bits per heavy atom. The molecule has 0 aliphatic heterocycles. The fourth-order valence-corrected chi connectivity index (χ4v) is 2.38. The summed E-state index contributed by atoms with van der Waals surface area (Å²) in [5.74, 6) is 9.65. The first-order chi connectivity index (χ1) is 12.9. The van der Waals surface area contributed by atoms with Crippen LogP contribution in [0.1, 0.15) is 43.1 Å². The molecule has 0 heterocycles. The third-order valence-corrected chi connectivity index (χ3v) is 3.74. The lowest BCUT2D eigenvalue weighted by molar-refractivity contribution is -0.132. The van der Waals surface area contributed by atoms with Crippen molar-refractivity contribution in [3.8, 4) is 23.7 Å². The summed E-state index contributed by atoms with van der Waals surface area (Å²) < 4.78 is 0. The zero-order valence-corrected chi connectivity index (χ0v) is 15.7. The maximum Gasteiger partial charge on any atom is 0.267 e. The summed E-state index contributed by atoms with van der Waals surface area (Å²) in [6.45, 7) is 5.98. The predicted octanol–water partition coefficient (Wildman–Crippen LogP) is 0.416. The van der Waals surface area contributed by atoms with Crippen LogP contribution in [0.5, 0.6) is 0 Å². The number of likely N-dealkylation sites (N-methyl/N-ethyl adjacent to an activating group) is 1. The van der Waals surface area contributed by atoms with E-state index in [-0.39, 0.29) is 6.61 Å². The number of carbonyl (C=O) groups is 2. The van der Waals surface area contributed by atoms with E-state index in [9.17, 15) is 9.59 Å². The first kappa shape index (κ1) is 22.2. The van der Waals surface area contributed by atoms with Crippen molar-refractivity contribution in [2.24, 2.45) is 0 Å². The molecule has 0 spiro atoms. The third-order valence-electron chi connectivity index (χ3n) is 3.74. The van der Waals surface area contributed by atoms with E-state index in [0.29, 0.717) is 24.1 Å². The molecule has 144 valence electrons. The molecule has 7 heteroatoms. The number of amides is 2. The van der Waals surface area contributed by atoms with Crippen molar-refractivity contribution >= 4 is 11.8 Å². The van der Waals surface area contributed by atoms with E-state index in [0.717, 1.165) is 0 Å². The third kappa shape index (κ3) is 7.12. The topological polar surface area (TPSA) is 111 Å². The fourth-order valence-electron chi connectivity index (χ4n) is 2.38. The Hall–Kier alpha value is -2.84. The zero-order valence-electron chi connectivity index (χ0n) is 15.7. The number of nitrogens with one attached hydrogen (secondary N) is 3. The van der Waals surface area contributed by atoms with E-state index in [2.05, 4.69) is 34.3 Å². The monoisotopic (exact) mass is 371 g/mol. The van der Waals surface area contributed by atoms with Crippen LogP contribution in [0.15, 0.2) is 24.3 Å². The average Bonchev–Trinajstić information content (AvgIpc) is 2.65. The van der Waals surface area contributed by atoms with Gasteiger partial charge in [0.2, 0.25) is 0 Å². The summed E-state index contributed by atoms with van der Waals surface area (Å²) in [6.07, 6.45) is 0.375. The molecular weight excluding hydrogens is 346 g/mol. The van der Waals surface area contributed by atoms with Gasteiger partial charge in [-0.15, -0.1) is 0 Å². The summed E-state index contributed by atoms with van der Waals surface area (Å²) in [5.41, 5.74) is 1.86. The van der Waals surface area contributed by atoms with Crippen LogP contribution in [-0.4, -0.2) is 46.9 Å². The summed E-state index contributed by atoms with van der Waals surface area (Å²) in [6, 6.07) is 5.55. The van der Waals surface area contributed by atoms with Gasteiger partial charge in [0.25, 0.3) is 11.8 Å². The first-order valence-corrected chi connectivity index (χ1v) is 8.55. The molecular formula is C20H25N3O4. The van der Waals surface area contributed by atoms with E-state index in [1.165, 1.54) is 0 Å². The van der Waals surface area contributed by atoms with Crippen LogP contribution in [0.25, 0.3) is 0 Å². The van der Waals surface area contributed by atoms with Crippen molar-refractivity contribution in [2.45, 2.75) is 38.8 Å². The summed E-state index contributed by atoms with van der Waals surface area (Å²) in [5, 5.41) is 23.3. The van der Waals surface area contributed by atoms with E-state index < -0.39 is 23.4 Å². The second-order valence-electron chi connectivity index (χ2n) is 6.24. The highest BCUT2D eigenvalue weighted by atomic mass is 16.5. The van der Waals surface area contributed by atoms with Crippen molar-refractivity contribution in [3.05, 3.63) is 35.4 Å². The highest BCUT2D eigenvalue weighted by molar-refractivity contribution is 5.97. The lowest BCUT2D eigenvalue weighted by atomic mass is 9.93. The van der Waals surface area contributed by atoms with Crippen LogP contribution in [-0.2, 0) is 4.79 Å². The zero-order chi connectivity index (χ0) is 20.3. The number of carbonyl (C=O) groups excluding carboxylic acids is 2. The molecule has 0 fully saturated rings. The summed E-state index contributed by atoms with van der Waals surface area (Å²) in [4.78, 5) is 24.5. The second kappa shape index (κ2) is 11.0. The van der Waals surface area contributed by atoms with Crippen molar-refractivity contribution < 1.29 is 19.9 Å². The number of hydroxylamine groups is 1. The van der Waals surface area contributed by atoms with Crippen molar-refractivity contribution in [1.82, 2.24) is 16.1 Å². The van der Waals surface area contributed by atoms with E-state index in [4.69, 9.17) is 10.3 Å². The molecule has 27 heavy (non-hydrogen) atoms. The van der Waals surface area contributed by atoms with Crippen LogP contribution in [0, 0.1) is 23.7 Å². The minimum Gasteiger partial charge on any atom is -0.395 e. The Balaban J connectivity index is 2.88. The Morgan fingerprint density at radius 2 is 1.85 bits per heavy atom. The van der Waals surface area contributed by atoms with Crippen LogP contribution in [0.4, 0.5) is 0 Å². The molecule has 1 rings (SSSR count). The van der Waals surface area contributed by atoms with Crippen molar-refractivity contribution in [2.75, 3.05) is 13.2 Å². The van der Waals surface area contributed by atoms with Gasteiger partial charge in [-0.3, -0.25) is 14.8 Å². The van der Waals surface area contributed by atoms with Gasteiger partial charge in [-0.1, -0.05) is 18.8 Å². The largest absolute Gasteiger partial charge is 0.395 e. The van der Waals surface area contributed by atoms with Gasteiger partial charge in [-0.25, -0.2) is 5.48 Å². The highest BCUT2D eigenvalue weighted by Gasteiger charge is 2.36. The lowest BCUT2D eigenvalue weighted by Crippen LogP contribution is -2.63. The van der Waals surface area contributed by atoms with Crippen molar-refractivity contribution in [3.63, 3.8) is 0 Å². The SMILES string of the molecule is CCNC(C)(C)[C@H](NC(=O)c1ccc(C#CC#CCCO)cc1)C(=O)NO. The molecule has 0 unspecified atom stereocenters. The van der Waals surface area contributed by atoms with Gasteiger partial charge >= 0.3 is 0 Å². The Morgan fingerprint density at radius 3 is 2.41 bits per heavy atom. The molecule has 5 N–H and O–H groups in total. The molecule has 0 bridgehead atoms. The van der Waals surface area contributed by atoms with E-state index >= 15 is 0 Å². The van der Waals surface area contributed by atoms with E-state index in [1.807, 2.05) is 6.92 Å². The molecule has 7 nitrogen and oxygen atoms in total. The molecule has 2 amide bonds. The van der Waals surface area contributed by atoms with Gasteiger partial charge in [0.15, 0.2) is 0 Å². The fraction of sp³-hybridized carbons (Fsp3) is 0.400. The number of benzene rings is 1. The van der Waals surface area contributed by atoms with Gasteiger partial charge in [0.05, 0.1) is 6.61 Å². The molecule has 1 aromatic carbocycles. The molecule has 1 atom stereocenters. The normalized spacial score (nSPS) is 11.3. The highest BCUT2D eigenvalue weighted by Crippen LogP contribution is 2.11. The average molecular weight is 371 g/mol. The molecule has 0 aromatic heterocycles. The van der Waals surface area contributed by atoms with Gasteiger partial charge in [0.1, 0.15) is 6.04 Å². The van der Waals surface area contributed by atoms with Crippen LogP contribution < -0.4 is 16.1 Å². The Bertz CT molecular complexity index is 764. The van der Waals surface area contributed by atoms with E-state index in [1.54, 1.807) is 43.6 Å². The lowest BCUT2D eigenvalue weighted by Gasteiger charge is -2.34. The van der Waals surface area contributed by atoms with Crippen LogP contribution in [0.2, 0.25) is 0 Å². The smallest absolute Gasteiger partial charge is 0.267 e. The molecule has 1 aromatic rings. The Kier molecular flexibility index (Phi) is 9.04. The molecule has 0 saturated heterocycles. The Labute approximate surface area is 159 Å². The number of hydrogen-bond acceptors (Lipinski definition) is 5. The number of aliphatic hydroxyl groups excluding tert-OH is 1. The maximum absolute atomic E-state index is 12.5. The standard InChI is InChI=1S/C20H25N3O4/c1-4-21-20(2,3)17(19(26)23-27)22-18(25)16-12-10-15(11-13-16)9-7-5-6-8-14-24/h10-13,17,21,24,27H,4,8,14H2,1-3H3,(H,22,25)(H,23,26)/t17-/m1/s1. The number of aliphatic hydroxyl groups is 1. The van der Waals surface area contributed by atoms with Gasteiger partial charge in [-0.05, 0) is 56.5 Å². The van der Waals surface area contributed by atoms with Gasteiger partial charge in [-0.2, -0.15) is 0 Å². The minimum absolute atomic E-state index is 0.00162.